The van der Waals surface area contributed by atoms with Crippen LogP contribution < -0.4 is 5.32 Å². The lowest BCUT2D eigenvalue weighted by Gasteiger charge is -2.23. The second kappa shape index (κ2) is 6.31. The van der Waals surface area contributed by atoms with Crippen molar-refractivity contribution >= 4 is 11.3 Å². The third-order valence-corrected chi connectivity index (χ3v) is 4.50. The van der Waals surface area contributed by atoms with Crippen molar-refractivity contribution < 1.29 is 0 Å². The van der Waals surface area contributed by atoms with E-state index in [9.17, 15) is 0 Å². The Morgan fingerprint density at radius 3 is 2.47 bits per heavy atom. The molecule has 0 aliphatic heterocycles. The van der Waals surface area contributed by atoms with Gasteiger partial charge in [0.05, 0.1) is 0 Å². The highest BCUT2D eigenvalue weighted by Gasteiger charge is 2.16. The van der Waals surface area contributed by atoms with Crippen molar-refractivity contribution in [2.24, 2.45) is 0 Å². The molecule has 1 N–H and O–H groups in total. The Balaban J connectivity index is 2.13. The van der Waals surface area contributed by atoms with Gasteiger partial charge in [-0.2, -0.15) is 0 Å². The lowest BCUT2D eigenvalue weighted by molar-refractivity contribution is 0.456. The summed E-state index contributed by atoms with van der Waals surface area (Å²) in [5, 5.41) is 3.73. The Morgan fingerprint density at radius 2 is 1.95 bits per heavy atom. The normalized spacial score (nSPS) is 14.3. The van der Waals surface area contributed by atoms with Crippen LogP contribution in [0.1, 0.15) is 53.2 Å². The minimum absolute atomic E-state index is 0.378. The summed E-state index contributed by atoms with van der Waals surface area (Å²) in [6.45, 7) is 8.85. The lowest BCUT2D eigenvalue weighted by atomic mass is 10.0. The second-order valence-electron chi connectivity index (χ2n) is 5.00. The summed E-state index contributed by atoms with van der Waals surface area (Å²) in [7, 11) is 0. The highest BCUT2D eigenvalue weighted by atomic mass is 32.1. The molecule has 0 saturated heterocycles. The zero-order valence-corrected chi connectivity index (χ0v) is 12.9. The van der Waals surface area contributed by atoms with E-state index in [1.54, 1.807) is 0 Å². The van der Waals surface area contributed by atoms with Crippen LogP contribution in [0.15, 0.2) is 30.6 Å². The van der Waals surface area contributed by atoms with Gasteiger partial charge in [0.25, 0.3) is 0 Å². The fourth-order valence-electron chi connectivity index (χ4n) is 2.52. The van der Waals surface area contributed by atoms with Gasteiger partial charge in [0.15, 0.2) is 0 Å². The van der Waals surface area contributed by atoms with E-state index in [2.05, 4.69) is 56.2 Å². The first-order valence-electron chi connectivity index (χ1n) is 6.84. The van der Waals surface area contributed by atoms with Crippen molar-refractivity contribution in [3.63, 3.8) is 0 Å². The predicted octanol–water partition coefficient (Wildman–Crippen LogP) is 4.56. The maximum atomic E-state index is 4.09. The molecule has 0 aliphatic rings. The maximum absolute atomic E-state index is 4.09. The van der Waals surface area contributed by atoms with Crippen molar-refractivity contribution in [3.8, 4) is 0 Å². The number of nitrogens with zero attached hydrogens (tertiary/aromatic N) is 1. The van der Waals surface area contributed by atoms with Crippen LogP contribution in [0.3, 0.4) is 0 Å². The molecule has 2 aromatic heterocycles. The Hall–Kier alpha value is -1.19. The molecule has 0 aromatic carbocycles. The third kappa shape index (κ3) is 3.43. The Bertz CT molecular complexity index is 519. The molecule has 2 heterocycles. The van der Waals surface area contributed by atoms with Gasteiger partial charge < -0.3 is 5.32 Å². The van der Waals surface area contributed by atoms with E-state index in [4.69, 9.17) is 0 Å². The van der Waals surface area contributed by atoms with Gasteiger partial charge in [-0.05, 0) is 56.5 Å². The van der Waals surface area contributed by atoms with E-state index in [1.807, 2.05) is 23.7 Å². The minimum Gasteiger partial charge on any atom is -0.303 e. The summed E-state index contributed by atoms with van der Waals surface area (Å²) in [5.74, 6) is 0. The molecule has 2 atom stereocenters. The SMILES string of the molecule is CC[C@@H](N[C@@H](C)c1cc(C)sc1C)c1ccncc1. The number of pyridine rings is 1. The number of nitrogens with one attached hydrogen (secondary N) is 1. The van der Waals surface area contributed by atoms with Gasteiger partial charge in [-0.3, -0.25) is 4.98 Å². The first-order valence-corrected chi connectivity index (χ1v) is 7.66. The van der Waals surface area contributed by atoms with Crippen LogP contribution in [0.2, 0.25) is 0 Å². The maximum Gasteiger partial charge on any atom is 0.0324 e. The Kier molecular flexibility index (Phi) is 4.72. The molecule has 2 rings (SSSR count). The van der Waals surface area contributed by atoms with Gasteiger partial charge in [-0.15, -0.1) is 11.3 Å². The molecular weight excluding hydrogens is 252 g/mol. The molecule has 19 heavy (non-hydrogen) atoms. The number of rotatable bonds is 5. The van der Waals surface area contributed by atoms with Crippen LogP contribution in [0.25, 0.3) is 0 Å². The largest absolute Gasteiger partial charge is 0.303 e. The first kappa shape index (κ1) is 14.2. The molecule has 0 saturated carbocycles. The van der Waals surface area contributed by atoms with E-state index < -0.39 is 0 Å². The summed E-state index contributed by atoms with van der Waals surface area (Å²) >= 11 is 1.88. The smallest absolute Gasteiger partial charge is 0.0324 e. The molecule has 0 bridgehead atoms. The summed E-state index contributed by atoms with van der Waals surface area (Å²) in [4.78, 5) is 6.90. The molecule has 0 amide bonds. The van der Waals surface area contributed by atoms with Gasteiger partial charge in [0.1, 0.15) is 0 Å². The molecule has 102 valence electrons. The van der Waals surface area contributed by atoms with E-state index in [0.29, 0.717) is 12.1 Å². The molecular formula is C16H22N2S. The van der Waals surface area contributed by atoms with E-state index in [-0.39, 0.29) is 0 Å². The molecule has 2 aromatic rings. The topological polar surface area (TPSA) is 24.9 Å². The monoisotopic (exact) mass is 274 g/mol. The van der Waals surface area contributed by atoms with Crippen LogP contribution in [-0.2, 0) is 0 Å². The van der Waals surface area contributed by atoms with Gasteiger partial charge in [0.2, 0.25) is 0 Å². The fourth-order valence-corrected chi connectivity index (χ4v) is 3.54. The third-order valence-electron chi connectivity index (χ3n) is 3.51. The molecule has 2 nitrogen and oxygen atoms in total. The van der Waals surface area contributed by atoms with Crippen molar-refractivity contribution in [1.29, 1.82) is 0 Å². The summed E-state index contributed by atoms with van der Waals surface area (Å²) in [6, 6.07) is 7.26. The van der Waals surface area contributed by atoms with Gasteiger partial charge in [-0.25, -0.2) is 0 Å². The molecule has 0 fully saturated rings. The van der Waals surface area contributed by atoms with Crippen molar-refractivity contribution in [3.05, 3.63) is 51.5 Å². The molecule has 0 unspecified atom stereocenters. The fraction of sp³-hybridized carbons (Fsp3) is 0.438. The van der Waals surface area contributed by atoms with Crippen LogP contribution in [0.5, 0.6) is 0 Å². The van der Waals surface area contributed by atoms with Crippen LogP contribution >= 0.6 is 11.3 Å². The average Bonchev–Trinajstić information content (AvgIpc) is 2.76. The Labute approximate surface area is 119 Å². The second-order valence-corrected chi connectivity index (χ2v) is 6.46. The van der Waals surface area contributed by atoms with E-state index in [1.165, 1.54) is 20.9 Å². The summed E-state index contributed by atoms with van der Waals surface area (Å²) in [5.41, 5.74) is 2.74. The number of aryl methyl sites for hydroxylation is 2. The lowest BCUT2D eigenvalue weighted by Crippen LogP contribution is -2.24. The first-order chi connectivity index (χ1) is 9.11. The minimum atomic E-state index is 0.378. The Morgan fingerprint density at radius 1 is 1.26 bits per heavy atom. The summed E-state index contributed by atoms with van der Waals surface area (Å²) in [6.07, 6.45) is 4.81. The van der Waals surface area contributed by atoms with Crippen LogP contribution in [0, 0.1) is 13.8 Å². The summed E-state index contributed by atoms with van der Waals surface area (Å²) < 4.78 is 0. The highest BCUT2D eigenvalue weighted by molar-refractivity contribution is 7.12. The molecule has 3 heteroatoms. The van der Waals surface area contributed by atoms with Crippen molar-refractivity contribution in [2.75, 3.05) is 0 Å². The molecule has 0 spiro atoms. The average molecular weight is 274 g/mol. The number of thiophene rings is 1. The number of aromatic nitrogens is 1. The zero-order valence-electron chi connectivity index (χ0n) is 12.1. The number of hydrogen-bond acceptors (Lipinski definition) is 3. The van der Waals surface area contributed by atoms with E-state index in [0.717, 1.165) is 6.42 Å². The van der Waals surface area contributed by atoms with Gasteiger partial charge in [-0.1, -0.05) is 6.92 Å². The van der Waals surface area contributed by atoms with Gasteiger partial charge >= 0.3 is 0 Å². The van der Waals surface area contributed by atoms with Crippen LogP contribution in [-0.4, -0.2) is 4.98 Å². The van der Waals surface area contributed by atoms with E-state index >= 15 is 0 Å². The van der Waals surface area contributed by atoms with Crippen molar-refractivity contribution in [1.82, 2.24) is 10.3 Å². The van der Waals surface area contributed by atoms with Crippen LogP contribution in [0.4, 0.5) is 0 Å². The molecule has 0 aliphatic carbocycles. The molecule has 0 radical (unpaired) electrons. The quantitative estimate of drug-likeness (QED) is 0.864. The highest BCUT2D eigenvalue weighted by Crippen LogP contribution is 2.28. The zero-order chi connectivity index (χ0) is 13.8. The number of hydrogen-bond donors (Lipinski definition) is 1. The van der Waals surface area contributed by atoms with Gasteiger partial charge in [0, 0.05) is 34.2 Å². The van der Waals surface area contributed by atoms with Crippen molar-refractivity contribution in [2.45, 2.75) is 46.2 Å². The predicted molar refractivity (Wildman–Crippen MR) is 82.6 cm³/mol. The standard InChI is InChI=1S/C16H22N2S/c1-5-16(14-6-8-17-9-7-14)18-12(3)15-10-11(2)19-13(15)4/h6-10,12,16,18H,5H2,1-4H3/t12-,16+/m0/s1.